The first kappa shape index (κ1) is 14.4. The highest BCUT2D eigenvalue weighted by molar-refractivity contribution is 5.32. The van der Waals surface area contributed by atoms with Crippen LogP contribution in [0.2, 0.25) is 0 Å². The summed E-state index contributed by atoms with van der Waals surface area (Å²) in [6.45, 7) is 5.13. The average molecular weight is 283 g/mol. The van der Waals surface area contributed by atoms with Crippen LogP contribution in [0.15, 0.2) is 42.7 Å². The second kappa shape index (κ2) is 6.07. The molecule has 0 saturated carbocycles. The van der Waals surface area contributed by atoms with Crippen LogP contribution in [0, 0.1) is 5.92 Å². The molecule has 1 aliphatic carbocycles. The molecule has 112 valence electrons. The van der Waals surface area contributed by atoms with Gasteiger partial charge in [0.1, 0.15) is 0 Å². The number of aliphatic hydroxyl groups excluding tert-OH is 1. The van der Waals surface area contributed by atoms with E-state index in [0.717, 1.165) is 12.1 Å². The van der Waals surface area contributed by atoms with Crippen LogP contribution in [0.4, 0.5) is 0 Å². The highest BCUT2D eigenvalue weighted by Crippen LogP contribution is 2.33. The molecule has 1 aliphatic rings. The molecule has 0 amide bonds. The topological polar surface area (TPSA) is 25.2 Å². The second-order valence-corrected chi connectivity index (χ2v) is 6.62. The van der Waals surface area contributed by atoms with Crippen LogP contribution in [0.1, 0.15) is 55.4 Å². The lowest BCUT2D eigenvalue weighted by Gasteiger charge is -2.26. The molecular weight excluding hydrogens is 258 g/mol. The minimum Gasteiger partial charge on any atom is -0.388 e. The van der Waals surface area contributed by atoms with Crippen molar-refractivity contribution in [3.63, 3.8) is 0 Å². The first-order chi connectivity index (χ1) is 10.1. The lowest BCUT2D eigenvalue weighted by molar-refractivity contribution is 0.127. The Morgan fingerprint density at radius 1 is 1.24 bits per heavy atom. The van der Waals surface area contributed by atoms with E-state index in [1.54, 1.807) is 0 Å². The number of fused-ring (bicyclic) bond motifs is 1. The molecule has 3 rings (SSSR count). The Kier molecular flexibility index (Phi) is 4.16. The zero-order valence-electron chi connectivity index (χ0n) is 13.0. The third-order valence-electron chi connectivity index (χ3n) is 4.67. The Balaban J connectivity index is 1.76. The van der Waals surface area contributed by atoms with Gasteiger partial charge in [0.25, 0.3) is 0 Å². The fourth-order valence-electron chi connectivity index (χ4n) is 3.43. The van der Waals surface area contributed by atoms with E-state index in [0.29, 0.717) is 5.92 Å². The van der Waals surface area contributed by atoms with Gasteiger partial charge in [-0.2, -0.15) is 0 Å². The predicted octanol–water partition coefficient (Wildman–Crippen LogP) is 4.30. The standard InChI is InChI=1S/C19H25NO/c1-14(2)19(21)17-10-11-20(13-17)12-16-8-5-7-15-6-3-4-9-18(15)16/h3-4,6,9-11,13-14,16,19,21H,5,7-8,12H2,1-2H3. The first-order valence-corrected chi connectivity index (χ1v) is 8.06. The van der Waals surface area contributed by atoms with Gasteiger partial charge in [0.15, 0.2) is 0 Å². The Morgan fingerprint density at radius 2 is 2.05 bits per heavy atom. The minimum absolute atomic E-state index is 0.260. The van der Waals surface area contributed by atoms with Gasteiger partial charge >= 0.3 is 0 Å². The van der Waals surface area contributed by atoms with Crippen LogP contribution in [-0.4, -0.2) is 9.67 Å². The number of nitrogens with zero attached hydrogens (tertiary/aromatic N) is 1. The first-order valence-electron chi connectivity index (χ1n) is 8.06. The van der Waals surface area contributed by atoms with Gasteiger partial charge in [-0.15, -0.1) is 0 Å². The van der Waals surface area contributed by atoms with Crippen LogP contribution in [0.25, 0.3) is 0 Å². The maximum absolute atomic E-state index is 10.2. The number of aromatic nitrogens is 1. The van der Waals surface area contributed by atoms with E-state index in [1.165, 1.54) is 30.4 Å². The molecule has 2 unspecified atom stereocenters. The third-order valence-corrected chi connectivity index (χ3v) is 4.67. The summed E-state index contributed by atoms with van der Waals surface area (Å²) in [6.07, 6.45) is 7.63. The van der Waals surface area contributed by atoms with E-state index < -0.39 is 0 Å². The third kappa shape index (κ3) is 3.06. The molecule has 0 radical (unpaired) electrons. The van der Waals surface area contributed by atoms with Crippen molar-refractivity contribution < 1.29 is 5.11 Å². The summed E-state index contributed by atoms with van der Waals surface area (Å²) in [5.74, 6) is 0.864. The summed E-state index contributed by atoms with van der Waals surface area (Å²) in [5.41, 5.74) is 4.07. The molecule has 2 heteroatoms. The molecule has 0 bridgehead atoms. The predicted molar refractivity (Wildman–Crippen MR) is 86.4 cm³/mol. The van der Waals surface area contributed by atoms with Gasteiger partial charge in [0, 0.05) is 24.9 Å². The SMILES string of the molecule is CC(C)C(O)c1ccn(CC2CCCc3ccccc32)c1. The second-order valence-electron chi connectivity index (χ2n) is 6.62. The maximum Gasteiger partial charge on any atom is 0.0827 e. The van der Waals surface area contributed by atoms with Crippen LogP contribution in [0.5, 0.6) is 0 Å². The molecule has 1 heterocycles. The van der Waals surface area contributed by atoms with Gasteiger partial charge in [0.2, 0.25) is 0 Å². The lowest BCUT2D eigenvalue weighted by Crippen LogP contribution is -2.14. The Bertz CT molecular complexity index is 599. The smallest absolute Gasteiger partial charge is 0.0827 e. The van der Waals surface area contributed by atoms with Crippen LogP contribution < -0.4 is 0 Å². The quantitative estimate of drug-likeness (QED) is 0.889. The van der Waals surface area contributed by atoms with E-state index in [1.807, 2.05) is 0 Å². The van der Waals surface area contributed by atoms with Gasteiger partial charge in [-0.3, -0.25) is 0 Å². The Hall–Kier alpha value is -1.54. The molecule has 2 atom stereocenters. The van der Waals surface area contributed by atoms with Crippen molar-refractivity contribution in [1.29, 1.82) is 0 Å². The molecule has 21 heavy (non-hydrogen) atoms. The number of aliphatic hydroxyl groups is 1. The van der Waals surface area contributed by atoms with E-state index >= 15 is 0 Å². The largest absolute Gasteiger partial charge is 0.388 e. The van der Waals surface area contributed by atoms with Gasteiger partial charge in [-0.25, -0.2) is 0 Å². The highest BCUT2D eigenvalue weighted by Gasteiger charge is 2.20. The van der Waals surface area contributed by atoms with Crippen molar-refractivity contribution >= 4 is 0 Å². The molecule has 2 aromatic rings. The number of aryl methyl sites for hydroxylation is 1. The summed E-state index contributed by atoms with van der Waals surface area (Å²) in [4.78, 5) is 0. The van der Waals surface area contributed by atoms with Crippen LogP contribution >= 0.6 is 0 Å². The number of hydrogen-bond donors (Lipinski definition) is 1. The average Bonchev–Trinajstić information content (AvgIpc) is 2.95. The summed E-state index contributed by atoms with van der Waals surface area (Å²) in [6, 6.07) is 10.9. The molecule has 0 saturated heterocycles. The van der Waals surface area contributed by atoms with Gasteiger partial charge in [-0.05, 0) is 47.9 Å². The lowest BCUT2D eigenvalue weighted by atomic mass is 9.83. The molecule has 0 fully saturated rings. The zero-order valence-corrected chi connectivity index (χ0v) is 13.0. The van der Waals surface area contributed by atoms with Crippen molar-refractivity contribution in [2.75, 3.05) is 0 Å². The minimum atomic E-state index is -0.357. The van der Waals surface area contributed by atoms with Crippen molar-refractivity contribution in [2.24, 2.45) is 5.92 Å². The van der Waals surface area contributed by atoms with E-state index in [-0.39, 0.29) is 12.0 Å². The van der Waals surface area contributed by atoms with E-state index in [4.69, 9.17) is 0 Å². The molecular formula is C19H25NO. The van der Waals surface area contributed by atoms with Crippen molar-refractivity contribution in [1.82, 2.24) is 4.57 Å². The normalized spacial score (nSPS) is 19.5. The van der Waals surface area contributed by atoms with Gasteiger partial charge < -0.3 is 9.67 Å². The van der Waals surface area contributed by atoms with Gasteiger partial charge in [-0.1, -0.05) is 38.1 Å². The highest BCUT2D eigenvalue weighted by atomic mass is 16.3. The number of rotatable bonds is 4. The van der Waals surface area contributed by atoms with Crippen LogP contribution in [-0.2, 0) is 13.0 Å². The molecule has 1 aromatic heterocycles. The molecule has 0 aliphatic heterocycles. The fourth-order valence-corrected chi connectivity index (χ4v) is 3.43. The van der Waals surface area contributed by atoms with Gasteiger partial charge in [0.05, 0.1) is 6.10 Å². The van der Waals surface area contributed by atoms with E-state index in [2.05, 4.69) is 61.1 Å². The molecule has 0 spiro atoms. The zero-order chi connectivity index (χ0) is 14.8. The Labute approximate surface area is 127 Å². The number of hydrogen-bond acceptors (Lipinski definition) is 1. The monoisotopic (exact) mass is 283 g/mol. The fraction of sp³-hybridized carbons (Fsp3) is 0.474. The molecule has 2 nitrogen and oxygen atoms in total. The summed E-state index contributed by atoms with van der Waals surface area (Å²) < 4.78 is 2.24. The van der Waals surface area contributed by atoms with Crippen molar-refractivity contribution in [2.45, 2.75) is 51.7 Å². The van der Waals surface area contributed by atoms with Crippen molar-refractivity contribution in [3.05, 3.63) is 59.4 Å². The molecule has 1 N–H and O–H groups in total. The number of benzene rings is 1. The van der Waals surface area contributed by atoms with E-state index in [9.17, 15) is 5.11 Å². The summed E-state index contributed by atoms with van der Waals surface area (Å²) in [5, 5.41) is 10.2. The summed E-state index contributed by atoms with van der Waals surface area (Å²) >= 11 is 0. The maximum atomic E-state index is 10.2. The van der Waals surface area contributed by atoms with Crippen LogP contribution in [0.3, 0.4) is 0 Å². The summed E-state index contributed by atoms with van der Waals surface area (Å²) in [7, 11) is 0. The van der Waals surface area contributed by atoms with Crippen molar-refractivity contribution in [3.8, 4) is 0 Å². The molecule has 1 aromatic carbocycles. The Morgan fingerprint density at radius 3 is 2.86 bits per heavy atom.